The monoisotopic (exact) mass is 143 g/mol. The Morgan fingerprint density at radius 1 is 1.30 bits per heavy atom. The standard InChI is InChI=1S/C8H17NO/c1-2-3-4-5-6-9-7-8-10-9/h2-8H2,1H3. The van der Waals surface area contributed by atoms with Crippen LogP contribution in [0.15, 0.2) is 0 Å². The maximum atomic E-state index is 5.14. The smallest absolute Gasteiger partial charge is 0.0835 e. The number of unbranched alkanes of at least 4 members (excludes halogenated alkanes) is 3. The lowest BCUT2D eigenvalue weighted by Crippen LogP contribution is -2.39. The average Bonchev–Trinajstić information content (AvgIpc) is 1.84. The van der Waals surface area contributed by atoms with Gasteiger partial charge in [0.25, 0.3) is 0 Å². The Bertz CT molecular complexity index is 81.3. The Morgan fingerprint density at radius 2 is 2.10 bits per heavy atom. The minimum absolute atomic E-state index is 0.938. The van der Waals surface area contributed by atoms with Gasteiger partial charge in [-0.05, 0) is 6.42 Å². The molecule has 0 aromatic rings. The zero-order valence-corrected chi connectivity index (χ0v) is 6.81. The minimum Gasteiger partial charge on any atom is -0.297 e. The highest BCUT2D eigenvalue weighted by atomic mass is 16.7. The molecule has 0 bridgehead atoms. The molecule has 0 aromatic heterocycles. The predicted octanol–water partition coefficient (Wildman–Crippen LogP) is 1.81. The summed E-state index contributed by atoms with van der Waals surface area (Å²) in [6.07, 6.45) is 5.35. The van der Waals surface area contributed by atoms with Crippen molar-refractivity contribution in [2.75, 3.05) is 19.7 Å². The van der Waals surface area contributed by atoms with E-state index in [4.69, 9.17) is 4.84 Å². The summed E-state index contributed by atoms with van der Waals surface area (Å²) < 4.78 is 0. The summed E-state index contributed by atoms with van der Waals surface area (Å²) in [4.78, 5) is 5.14. The molecule has 1 fully saturated rings. The molecule has 2 heteroatoms. The second-order valence-electron chi connectivity index (χ2n) is 2.82. The van der Waals surface area contributed by atoms with E-state index in [0.29, 0.717) is 0 Å². The van der Waals surface area contributed by atoms with Gasteiger partial charge in [0.05, 0.1) is 6.61 Å². The Labute approximate surface area is 63.1 Å². The van der Waals surface area contributed by atoms with Gasteiger partial charge >= 0.3 is 0 Å². The van der Waals surface area contributed by atoms with Crippen LogP contribution in [-0.4, -0.2) is 24.8 Å². The molecule has 0 radical (unpaired) electrons. The fraction of sp³-hybridized carbons (Fsp3) is 1.00. The van der Waals surface area contributed by atoms with Gasteiger partial charge in [0.2, 0.25) is 0 Å². The highest BCUT2D eigenvalue weighted by Crippen LogP contribution is 2.06. The van der Waals surface area contributed by atoms with Gasteiger partial charge < -0.3 is 0 Å². The molecule has 0 saturated carbocycles. The van der Waals surface area contributed by atoms with Crippen molar-refractivity contribution in [3.63, 3.8) is 0 Å². The molecule has 0 spiro atoms. The van der Waals surface area contributed by atoms with Crippen molar-refractivity contribution in [3.8, 4) is 0 Å². The van der Waals surface area contributed by atoms with Crippen molar-refractivity contribution in [1.29, 1.82) is 0 Å². The third-order valence-corrected chi connectivity index (χ3v) is 1.88. The van der Waals surface area contributed by atoms with E-state index in [0.717, 1.165) is 19.7 Å². The number of hydrogen-bond donors (Lipinski definition) is 0. The number of nitrogens with zero attached hydrogens (tertiary/aromatic N) is 1. The van der Waals surface area contributed by atoms with Crippen molar-refractivity contribution in [1.82, 2.24) is 5.06 Å². The minimum atomic E-state index is 0.938. The van der Waals surface area contributed by atoms with Crippen LogP contribution in [0.5, 0.6) is 0 Å². The summed E-state index contributed by atoms with van der Waals surface area (Å²) in [6, 6.07) is 0. The van der Waals surface area contributed by atoms with Crippen LogP contribution >= 0.6 is 0 Å². The number of hydroxylamine groups is 2. The third kappa shape index (κ3) is 2.67. The molecular weight excluding hydrogens is 126 g/mol. The van der Waals surface area contributed by atoms with Crippen LogP contribution in [0.4, 0.5) is 0 Å². The van der Waals surface area contributed by atoms with Crippen LogP contribution < -0.4 is 0 Å². The summed E-state index contributed by atoms with van der Waals surface area (Å²) in [5.74, 6) is 0. The van der Waals surface area contributed by atoms with Crippen molar-refractivity contribution >= 4 is 0 Å². The Kier molecular flexibility index (Phi) is 3.76. The van der Waals surface area contributed by atoms with Gasteiger partial charge in [0, 0.05) is 13.1 Å². The Hall–Kier alpha value is -0.0800. The maximum absolute atomic E-state index is 5.14. The maximum Gasteiger partial charge on any atom is 0.0835 e. The van der Waals surface area contributed by atoms with Crippen LogP contribution in [0.1, 0.15) is 32.6 Å². The molecule has 1 rings (SSSR count). The van der Waals surface area contributed by atoms with Gasteiger partial charge in [-0.15, -0.1) is 0 Å². The largest absolute Gasteiger partial charge is 0.297 e. The quantitative estimate of drug-likeness (QED) is 0.544. The van der Waals surface area contributed by atoms with E-state index in [-0.39, 0.29) is 0 Å². The van der Waals surface area contributed by atoms with Gasteiger partial charge in [-0.3, -0.25) is 4.84 Å². The van der Waals surface area contributed by atoms with Gasteiger partial charge in [0.15, 0.2) is 0 Å². The number of hydrogen-bond acceptors (Lipinski definition) is 2. The first-order valence-electron chi connectivity index (χ1n) is 4.31. The predicted molar refractivity (Wildman–Crippen MR) is 41.7 cm³/mol. The van der Waals surface area contributed by atoms with E-state index in [1.807, 2.05) is 0 Å². The lowest BCUT2D eigenvalue weighted by atomic mass is 10.2. The third-order valence-electron chi connectivity index (χ3n) is 1.88. The lowest BCUT2D eigenvalue weighted by Gasteiger charge is -2.29. The van der Waals surface area contributed by atoms with E-state index in [9.17, 15) is 0 Å². The Balaban J connectivity index is 1.76. The van der Waals surface area contributed by atoms with Crippen LogP contribution in [0, 0.1) is 0 Å². The normalized spacial score (nSPS) is 18.9. The second kappa shape index (κ2) is 4.69. The SMILES string of the molecule is CCCCCCN1CCO1. The van der Waals surface area contributed by atoms with Crippen molar-refractivity contribution < 1.29 is 4.84 Å². The summed E-state index contributed by atoms with van der Waals surface area (Å²) in [5, 5.41) is 2.05. The molecular formula is C8H17NO. The van der Waals surface area contributed by atoms with Crippen molar-refractivity contribution in [2.45, 2.75) is 32.6 Å². The van der Waals surface area contributed by atoms with Gasteiger partial charge in [-0.25, -0.2) is 0 Å². The van der Waals surface area contributed by atoms with E-state index < -0.39 is 0 Å². The van der Waals surface area contributed by atoms with Crippen molar-refractivity contribution in [2.24, 2.45) is 0 Å². The lowest BCUT2D eigenvalue weighted by molar-refractivity contribution is -0.246. The fourth-order valence-electron chi connectivity index (χ4n) is 1.11. The van der Waals surface area contributed by atoms with E-state index in [1.54, 1.807) is 0 Å². The first-order chi connectivity index (χ1) is 4.93. The first-order valence-corrected chi connectivity index (χ1v) is 4.31. The Morgan fingerprint density at radius 3 is 2.60 bits per heavy atom. The molecule has 0 N–H and O–H groups in total. The fourth-order valence-corrected chi connectivity index (χ4v) is 1.11. The molecule has 0 aromatic carbocycles. The molecule has 1 aliphatic heterocycles. The highest BCUT2D eigenvalue weighted by Gasteiger charge is 2.12. The molecule has 1 saturated heterocycles. The second-order valence-corrected chi connectivity index (χ2v) is 2.82. The van der Waals surface area contributed by atoms with Crippen LogP contribution in [0.25, 0.3) is 0 Å². The molecule has 0 unspecified atom stereocenters. The molecule has 0 aliphatic carbocycles. The molecule has 0 atom stereocenters. The summed E-state index contributed by atoms with van der Waals surface area (Å²) in [7, 11) is 0. The van der Waals surface area contributed by atoms with E-state index in [1.165, 1.54) is 25.7 Å². The van der Waals surface area contributed by atoms with Gasteiger partial charge in [-0.2, -0.15) is 5.06 Å². The summed E-state index contributed by atoms with van der Waals surface area (Å²) in [5.41, 5.74) is 0. The van der Waals surface area contributed by atoms with E-state index >= 15 is 0 Å². The molecule has 1 heterocycles. The molecule has 10 heavy (non-hydrogen) atoms. The van der Waals surface area contributed by atoms with E-state index in [2.05, 4.69) is 12.0 Å². The molecule has 1 aliphatic rings. The topological polar surface area (TPSA) is 12.5 Å². The van der Waals surface area contributed by atoms with Gasteiger partial charge in [-0.1, -0.05) is 26.2 Å². The van der Waals surface area contributed by atoms with Crippen LogP contribution in [-0.2, 0) is 4.84 Å². The summed E-state index contributed by atoms with van der Waals surface area (Å²) >= 11 is 0. The van der Waals surface area contributed by atoms with Crippen LogP contribution in [0.2, 0.25) is 0 Å². The summed E-state index contributed by atoms with van der Waals surface area (Å²) in [6.45, 7) is 5.46. The molecule has 60 valence electrons. The zero-order valence-electron chi connectivity index (χ0n) is 6.81. The van der Waals surface area contributed by atoms with Gasteiger partial charge in [0.1, 0.15) is 0 Å². The highest BCUT2D eigenvalue weighted by molar-refractivity contribution is 4.53. The zero-order chi connectivity index (χ0) is 7.23. The van der Waals surface area contributed by atoms with Crippen molar-refractivity contribution in [3.05, 3.63) is 0 Å². The average molecular weight is 143 g/mol. The molecule has 2 nitrogen and oxygen atoms in total. The molecule has 0 amide bonds. The number of rotatable bonds is 5. The van der Waals surface area contributed by atoms with Crippen LogP contribution in [0.3, 0.4) is 0 Å². The first kappa shape index (κ1) is 8.02.